The molecule has 0 unspecified atom stereocenters. The molecule has 22 heavy (non-hydrogen) atoms. The number of thiazole rings is 1. The second-order valence-corrected chi connectivity index (χ2v) is 6.55. The third-order valence-corrected chi connectivity index (χ3v) is 4.47. The lowest BCUT2D eigenvalue weighted by atomic mass is 10.2. The number of anilines is 1. The molecule has 3 N–H and O–H groups in total. The van der Waals surface area contributed by atoms with Gasteiger partial charge >= 0.3 is 0 Å². The summed E-state index contributed by atoms with van der Waals surface area (Å²) in [5, 5.41) is 5.04. The smallest absolute Gasteiger partial charge is 0.249 e. The van der Waals surface area contributed by atoms with Crippen molar-refractivity contribution in [3.05, 3.63) is 35.6 Å². The van der Waals surface area contributed by atoms with Crippen LogP contribution in [-0.4, -0.2) is 33.4 Å². The highest BCUT2D eigenvalue weighted by Crippen LogP contribution is 2.20. The number of hydrogen-bond donors (Lipinski definition) is 2. The summed E-state index contributed by atoms with van der Waals surface area (Å²) in [6, 6.07) is 3.52. The zero-order valence-electron chi connectivity index (χ0n) is 12.2. The first kappa shape index (κ1) is 16.6. The van der Waals surface area contributed by atoms with Crippen molar-refractivity contribution in [3.63, 3.8) is 0 Å². The summed E-state index contributed by atoms with van der Waals surface area (Å²) in [5.41, 5.74) is 5.71. The molecule has 0 saturated carbocycles. The zero-order valence-corrected chi connectivity index (χ0v) is 13.8. The quantitative estimate of drug-likeness (QED) is 0.769. The fraction of sp³-hybridized carbons (Fsp3) is 0.357. The van der Waals surface area contributed by atoms with Crippen molar-refractivity contribution in [2.45, 2.75) is 18.9 Å². The Morgan fingerprint density at radius 1 is 1.45 bits per heavy atom. The highest BCUT2D eigenvalue weighted by molar-refractivity contribution is 7.98. The number of aromatic nitrogens is 2. The lowest BCUT2D eigenvalue weighted by molar-refractivity contribution is -0.119. The van der Waals surface area contributed by atoms with Gasteiger partial charge in [0.25, 0.3) is 0 Å². The van der Waals surface area contributed by atoms with Gasteiger partial charge in [-0.1, -0.05) is 0 Å². The van der Waals surface area contributed by atoms with Crippen LogP contribution in [0.25, 0.3) is 0 Å². The molecule has 0 saturated heterocycles. The highest BCUT2D eigenvalue weighted by atomic mass is 32.2. The van der Waals surface area contributed by atoms with Crippen LogP contribution >= 0.6 is 23.1 Å². The van der Waals surface area contributed by atoms with Crippen molar-refractivity contribution in [2.75, 3.05) is 17.3 Å². The molecule has 2 aromatic heterocycles. The van der Waals surface area contributed by atoms with E-state index in [1.807, 2.05) is 35.3 Å². The van der Waals surface area contributed by atoms with Gasteiger partial charge < -0.3 is 15.6 Å². The molecule has 0 aliphatic rings. The lowest BCUT2D eigenvalue weighted by Gasteiger charge is -2.17. The Labute approximate surface area is 137 Å². The van der Waals surface area contributed by atoms with E-state index in [9.17, 15) is 9.59 Å². The summed E-state index contributed by atoms with van der Waals surface area (Å²) in [6.45, 7) is 0. The van der Waals surface area contributed by atoms with E-state index in [1.165, 1.54) is 11.3 Å². The molecule has 0 bridgehead atoms. The van der Waals surface area contributed by atoms with Crippen molar-refractivity contribution < 1.29 is 9.59 Å². The summed E-state index contributed by atoms with van der Waals surface area (Å²) >= 11 is 3.00. The van der Waals surface area contributed by atoms with Crippen LogP contribution in [0.15, 0.2) is 29.9 Å². The summed E-state index contributed by atoms with van der Waals surface area (Å²) in [7, 11) is 0. The first-order valence-corrected chi connectivity index (χ1v) is 9.02. The number of nitrogens with one attached hydrogen (secondary N) is 1. The first-order valence-electron chi connectivity index (χ1n) is 6.75. The van der Waals surface area contributed by atoms with Crippen molar-refractivity contribution >= 4 is 40.0 Å². The Kier molecular flexibility index (Phi) is 6.02. The van der Waals surface area contributed by atoms with E-state index in [2.05, 4.69) is 10.3 Å². The molecule has 0 spiro atoms. The number of nitrogens with zero attached hydrogens (tertiary/aromatic N) is 2. The summed E-state index contributed by atoms with van der Waals surface area (Å²) < 4.78 is 1.89. The van der Waals surface area contributed by atoms with Gasteiger partial charge in [0.15, 0.2) is 5.13 Å². The van der Waals surface area contributed by atoms with Crippen molar-refractivity contribution in [1.29, 1.82) is 0 Å². The number of carbonyl (C=O) groups excluding carboxylic acids is 2. The summed E-state index contributed by atoms with van der Waals surface area (Å²) in [5.74, 6) is 0.347. The van der Waals surface area contributed by atoms with E-state index in [-0.39, 0.29) is 18.4 Å². The Hall–Kier alpha value is -1.80. The molecule has 0 aliphatic carbocycles. The molecule has 2 amide bonds. The maximum Gasteiger partial charge on any atom is 0.249 e. The van der Waals surface area contributed by atoms with Gasteiger partial charge in [-0.2, -0.15) is 11.8 Å². The largest absolute Gasteiger partial charge is 0.369 e. The van der Waals surface area contributed by atoms with E-state index in [4.69, 9.17) is 5.73 Å². The van der Waals surface area contributed by atoms with Gasteiger partial charge in [0, 0.05) is 17.8 Å². The molecule has 0 aliphatic heterocycles. The normalized spacial score (nSPS) is 12.0. The summed E-state index contributed by atoms with van der Waals surface area (Å²) in [6.07, 6.45) is 6.60. The second kappa shape index (κ2) is 8.00. The van der Waals surface area contributed by atoms with E-state index < -0.39 is 5.91 Å². The van der Waals surface area contributed by atoms with Crippen LogP contribution in [0.4, 0.5) is 5.13 Å². The second-order valence-electron chi connectivity index (χ2n) is 4.70. The van der Waals surface area contributed by atoms with Gasteiger partial charge in [-0.15, -0.1) is 11.3 Å². The Morgan fingerprint density at radius 3 is 2.82 bits per heavy atom. The number of primary amides is 1. The van der Waals surface area contributed by atoms with Crippen LogP contribution in [0.3, 0.4) is 0 Å². The number of nitrogens with two attached hydrogens (primary N) is 1. The molecule has 1 atom stereocenters. The van der Waals surface area contributed by atoms with Gasteiger partial charge in [-0.3, -0.25) is 9.59 Å². The molecular formula is C14H18N4O2S2. The van der Waals surface area contributed by atoms with Crippen molar-refractivity contribution in [2.24, 2.45) is 5.73 Å². The fourth-order valence-corrected chi connectivity index (χ4v) is 3.19. The maximum absolute atomic E-state index is 12.5. The Balaban J connectivity index is 2.04. The Morgan fingerprint density at radius 2 is 2.18 bits per heavy atom. The number of hydrogen-bond acceptors (Lipinski definition) is 5. The first-order chi connectivity index (χ1) is 10.6. The SMILES string of the molecule is CSCC[C@H](C(=O)Nc1nc(CC(N)=O)cs1)n1cccc1. The van der Waals surface area contributed by atoms with E-state index >= 15 is 0 Å². The molecule has 2 rings (SSSR count). The van der Waals surface area contributed by atoms with E-state index in [1.54, 1.807) is 17.1 Å². The average molecular weight is 338 g/mol. The number of carbonyl (C=O) groups is 2. The summed E-state index contributed by atoms with van der Waals surface area (Å²) in [4.78, 5) is 27.6. The van der Waals surface area contributed by atoms with Gasteiger partial charge in [0.05, 0.1) is 12.1 Å². The number of thioether (sulfide) groups is 1. The molecule has 8 heteroatoms. The molecule has 0 fully saturated rings. The third kappa shape index (κ3) is 4.60. The average Bonchev–Trinajstić information content (AvgIpc) is 3.11. The highest BCUT2D eigenvalue weighted by Gasteiger charge is 2.20. The minimum absolute atomic E-state index is 0.0832. The maximum atomic E-state index is 12.5. The molecule has 6 nitrogen and oxygen atoms in total. The van der Waals surface area contributed by atoms with Crippen molar-refractivity contribution in [3.8, 4) is 0 Å². The minimum atomic E-state index is -0.437. The molecular weight excluding hydrogens is 320 g/mol. The lowest BCUT2D eigenvalue weighted by Crippen LogP contribution is -2.26. The standard InChI is InChI=1S/C14H18N4O2S2/c1-21-7-4-11(18-5-2-3-6-18)13(20)17-14-16-10(9-22-14)8-12(15)19/h2-3,5-6,9,11H,4,7-8H2,1H3,(H2,15,19)(H,16,17,20)/t11-/m1/s1. The van der Waals surface area contributed by atoms with Crippen LogP contribution in [0.5, 0.6) is 0 Å². The molecule has 0 aromatic carbocycles. The van der Waals surface area contributed by atoms with Crippen LogP contribution in [0.2, 0.25) is 0 Å². The predicted molar refractivity (Wildman–Crippen MR) is 90.1 cm³/mol. The van der Waals surface area contributed by atoms with Gasteiger partial charge in [-0.05, 0) is 30.6 Å². The van der Waals surface area contributed by atoms with Crippen molar-refractivity contribution in [1.82, 2.24) is 9.55 Å². The molecule has 118 valence electrons. The van der Waals surface area contributed by atoms with Gasteiger partial charge in [-0.25, -0.2) is 4.98 Å². The Bertz CT molecular complexity index is 625. The number of amides is 2. The van der Waals surface area contributed by atoms with Gasteiger partial charge in [0.1, 0.15) is 6.04 Å². The number of rotatable bonds is 8. The van der Waals surface area contributed by atoms with E-state index in [0.29, 0.717) is 10.8 Å². The fourth-order valence-electron chi connectivity index (χ4n) is 2.01. The predicted octanol–water partition coefficient (Wildman–Crippen LogP) is 1.91. The van der Waals surface area contributed by atoms with Crippen LogP contribution in [-0.2, 0) is 16.0 Å². The minimum Gasteiger partial charge on any atom is -0.369 e. The zero-order chi connectivity index (χ0) is 15.9. The molecule has 2 heterocycles. The molecule has 0 radical (unpaired) electrons. The third-order valence-electron chi connectivity index (χ3n) is 3.02. The topological polar surface area (TPSA) is 90.0 Å². The van der Waals surface area contributed by atoms with Crippen LogP contribution < -0.4 is 11.1 Å². The van der Waals surface area contributed by atoms with Gasteiger partial charge in [0.2, 0.25) is 11.8 Å². The molecule has 2 aromatic rings. The monoisotopic (exact) mass is 338 g/mol. The van der Waals surface area contributed by atoms with Crippen LogP contribution in [0, 0.1) is 0 Å². The van der Waals surface area contributed by atoms with E-state index in [0.717, 1.165) is 12.2 Å². The van der Waals surface area contributed by atoms with Crippen LogP contribution in [0.1, 0.15) is 18.2 Å².